The van der Waals surface area contributed by atoms with Crippen molar-refractivity contribution >= 4 is 23.2 Å². The van der Waals surface area contributed by atoms with Gasteiger partial charge in [-0.05, 0) is 43.0 Å². The lowest BCUT2D eigenvalue weighted by molar-refractivity contribution is -0.133. The van der Waals surface area contributed by atoms with Gasteiger partial charge in [-0.3, -0.25) is 9.59 Å². The number of likely N-dealkylation sites (tertiary alicyclic amines) is 1. The highest BCUT2D eigenvalue weighted by Gasteiger charge is 2.30. The largest absolute Gasteiger partial charge is 0.349 e. The molecule has 0 spiro atoms. The molecular formula is C17H25N3O2S. The Bertz CT molecular complexity index is 538. The first kappa shape index (κ1) is 16.5. The van der Waals surface area contributed by atoms with Crippen molar-refractivity contribution in [2.75, 3.05) is 13.1 Å². The van der Waals surface area contributed by atoms with E-state index in [-0.39, 0.29) is 23.9 Å². The van der Waals surface area contributed by atoms with Gasteiger partial charge in [0.2, 0.25) is 5.91 Å². The minimum absolute atomic E-state index is 0.00652. The molecule has 2 amide bonds. The van der Waals surface area contributed by atoms with Gasteiger partial charge in [0.05, 0.1) is 0 Å². The number of amides is 2. The summed E-state index contributed by atoms with van der Waals surface area (Å²) in [6.45, 7) is 1.46. The molecule has 2 heterocycles. The molecule has 3 N–H and O–H groups in total. The molecule has 0 unspecified atom stereocenters. The summed E-state index contributed by atoms with van der Waals surface area (Å²) in [6, 6.07) is 2.20. The molecular weight excluding hydrogens is 310 g/mol. The third-order valence-corrected chi connectivity index (χ3v) is 5.80. The van der Waals surface area contributed by atoms with E-state index in [1.807, 2.05) is 21.7 Å². The number of carbonyl (C=O) groups excluding carboxylic acids is 2. The Morgan fingerprint density at radius 1 is 1.26 bits per heavy atom. The minimum Gasteiger partial charge on any atom is -0.349 e. The monoisotopic (exact) mass is 335 g/mol. The number of nitrogens with one attached hydrogen (secondary N) is 1. The van der Waals surface area contributed by atoms with Crippen molar-refractivity contribution in [3.63, 3.8) is 0 Å². The third-order valence-electron chi connectivity index (χ3n) is 5.12. The molecule has 1 saturated carbocycles. The zero-order valence-electron chi connectivity index (χ0n) is 13.4. The molecule has 1 aromatic rings. The summed E-state index contributed by atoms with van der Waals surface area (Å²) < 4.78 is 0. The lowest BCUT2D eigenvalue weighted by Gasteiger charge is -2.33. The smallest absolute Gasteiger partial charge is 0.252 e. The molecule has 0 bridgehead atoms. The van der Waals surface area contributed by atoms with E-state index < -0.39 is 0 Å². The summed E-state index contributed by atoms with van der Waals surface area (Å²) in [5.41, 5.74) is 6.79. The van der Waals surface area contributed by atoms with Crippen molar-refractivity contribution in [3.05, 3.63) is 22.4 Å². The van der Waals surface area contributed by atoms with Gasteiger partial charge in [-0.15, -0.1) is 0 Å². The highest BCUT2D eigenvalue weighted by atomic mass is 32.1. The van der Waals surface area contributed by atoms with Crippen molar-refractivity contribution in [2.24, 2.45) is 11.7 Å². The van der Waals surface area contributed by atoms with Gasteiger partial charge in [0.15, 0.2) is 0 Å². The average Bonchev–Trinajstić information content (AvgIpc) is 3.20. The fourth-order valence-electron chi connectivity index (χ4n) is 3.61. The van der Waals surface area contributed by atoms with Crippen molar-refractivity contribution in [2.45, 2.75) is 50.6 Å². The molecule has 1 aliphatic heterocycles. The normalized spacial score (nSPS) is 25.5. The van der Waals surface area contributed by atoms with Gasteiger partial charge in [0, 0.05) is 42.5 Å². The Labute approximate surface area is 141 Å². The van der Waals surface area contributed by atoms with E-state index in [1.165, 1.54) is 11.3 Å². The van der Waals surface area contributed by atoms with Gasteiger partial charge >= 0.3 is 0 Å². The lowest BCUT2D eigenvalue weighted by atomic mass is 9.98. The SMILES string of the molecule is N[C@@H]1CCC[C@H]1CC(=O)N1CCC(NC(=O)c2ccsc2)CC1. The number of hydrogen-bond acceptors (Lipinski definition) is 4. The molecule has 2 fully saturated rings. The Hall–Kier alpha value is -1.40. The van der Waals surface area contributed by atoms with Gasteiger partial charge in [-0.1, -0.05) is 6.42 Å². The second-order valence-corrected chi connectivity index (χ2v) is 7.48. The van der Waals surface area contributed by atoms with E-state index in [4.69, 9.17) is 5.73 Å². The fourth-order valence-corrected chi connectivity index (χ4v) is 4.24. The second-order valence-electron chi connectivity index (χ2n) is 6.70. The standard InChI is InChI=1S/C17H25N3O2S/c18-15-3-1-2-12(15)10-16(21)20-7-4-14(5-8-20)19-17(22)13-6-9-23-11-13/h6,9,11-12,14-15H,1-5,7-8,10,18H2,(H,19,22)/t12-,15+/m0/s1. The van der Waals surface area contributed by atoms with Gasteiger partial charge in [-0.25, -0.2) is 0 Å². The summed E-state index contributed by atoms with van der Waals surface area (Å²) in [4.78, 5) is 26.4. The topological polar surface area (TPSA) is 75.4 Å². The van der Waals surface area contributed by atoms with Crippen LogP contribution in [0.4, 0.5) is 0 Å². The van der Waals surface area contributed by atoms with E-state index in [1.54, 1.807) is 0 Å². The number of hydrogen-bond donors (Lipinski definition) is 2. The number of nitrogens with two attached hydrogens (primary N) is 1. The quantitative estimate of drug-likeness (QED) is 0.883. The maximum Gasteiger partial charge on any atom is 0.252 e. The van der Waals surface area contributed by atoms with Crippen molar-refractivity contribution < 1.29 is 9.59 Å². The first-order valence-electron chi connectivity index (χ1n) is 8.50. The Kier molecular flexibility index (Phi) is 5.33. The van der Waals surface area contributed by atoms with E-state index in [2.05, 4.69) is 5.32 Å². The van der Waals surface area contributed by atoms with Crippen molar-refractivity contribution in [3.8, 4) is 0 Å². The molecule has 0 aromatic carbocycles. The molecule has 3 rings (SSSR count). The van der Waals surface area contributed by atoms with Gasteiger partial charge in [-0.2, -0.15) is 11.3 Å². The van der Waals surface area contributed by atoms with E-state index in [9.17, 15) is 9.59 Å². The van der Waals surface area contributed by atoms with Crippen LogP contribution in [0.2, 0.25) is 0 Å². The lowest BCUT2D eigenvalue weighted by Crippen LogP contribution is -2.47. The number of nitrogens with zero attached hydrogens (tertiary/aromatic N) is 1. The Morgan fingerprint density at radius 2 is 2.04 bits per heavy atom. The molecule has 5 nitrogen and oxygen atoms in total. The number of rotatable bonds is 4. The highest BCUT2D eigenvalue weighted by molar-refractivity contribution is 7.08. The first-order valence-corrected chi connectivity index (χ1v) is 9.44. The Morgan fingerprint density at radius 3 is 2.65 bits per heavy atom. The zero-order valence-corrected chi connectivity index (χ0v) is 14.2. The maximum absolute atomic E-state index is 12.4. The highest BCUT2D eigenvalue weighted by Crippen LogP contribution is 2.28. The second kappa shape index (κ2) is 7.45. The molecule has 6 heteroatoms. The molecule has 1 aromatic heterocycles. The van der Waals surface area contributed by atoms with Crippen LogP contribution in [0.3, 0.4) is 0 Å². The van der Waals surface area contributed by atoms with Crippen LogP contribution < -0.4 is 11.1 Å². The van der Waals surface area contributed by atoms with Crippen LogP contribution in [-0.2, 0) is 4.79 Å². The minimum atomic E-state index is -0.00652. The number of carbonyl (C=O) groups is 2. The predicted octanol–water partition coefficient (Wildman–Crippen LogP) is 1.99. The molecule has 126 valence electrons. The van der Waals surface area contributed by atoms with Crippen molar-refractivity contribution in [1.29, 1.82) is 0 Å². The van der Waals surface area contributed by atoms with Crippen LogP contribution in [0.25, 0.3) is 0 Å². The molecule has 2 aliphatic rings. The summed E-state index contributed by atoms with van der Waals surface area (Å²) in [6.07, 6.45) is 5.54. The predicted molar refractivity (Wildman–Crippen MR) is 91.3 cm³/mol. The summed E-state index contributed by atoms with van der Waals surface area (Å²) in [5.74, 6) is 0.585. The third kappa shape index (κ3) is 4.12. The fraction of sp³-hybridized carbons (Fsp3) is 0.647. The average molecular weight is 335 g/mol. The molecule has 2 atom stereocenters. The molecule has 23 heavy (non-hydrogen) atoms. The van der Waals surface area contributed by atoms with Crippen LogP contribution >= 0.6 is 11.3 Å². The van der Waals surface area contributed by atoms with E-state index in [0.29, 0.717) is 12.3 Å². The van der Waals surface area contributed by atoms with Crippen LogP contribution in [-0.4, -0.2) is 41.9 Å². The van der Waals surface area contributed by atoms with Gasteiger partial charge < -0.3 is 16.0 Å². The number of piperidine rings is 1. The zero-order chi connectivity index (χ0) is 16.2. The maximum atomic E-state index is 12.4. The molecule has 1 saturated heterocycles. The van der Waals surface area contributed by atoms with Crippen LogP contribution in [0.15, 0.2) is 16.8 Å². The van der Waals surface area contributed by atoms with Crippen LogP contribution in [0.1, 0.15) is 48.9 Å². The van der Waals surface area contributed by atoms with Crippen molar-refractivity contribution in [1.82, 2.24) is 10.2 Å². The van der Waals surface area contributed by atoms with Crippen LogP contribution in [0, 0.1) is 5.92 Å². The van der Waals surface area contributed by atoms with Gasteiger partial charge in [0.1, 0.15) is 0 Å². The van der Waals surface area contributed by atoms with Gasteiger partial charge in [0.25, 0.3) is 5.91 Å². The Balaban J connectivity index is 1.43. The molecule has 1 aliphatic carbocycles. The van der Waals surface area contributed by atoms with E-state index >= 15 is 0 Å². The number of thiophene rings is 1. The summed E-state index contributed by atoms with van der Waals surface area (Å²) in [5, 5.41) is 6.84. The van der Waals surface area contributed by atoms with Crippen LogP contribution in [0.5, 0.6) is 0 Å². The van der Waals surface area contributed by atoms with E-state index in [0.717, 1.165) is 50.8 Å². The molecule has 0 radical (unpaired) electrons. The summed E-state index contributed by atoms with van der Waals surface area (Å²) >= 11 is 1.53. The first-order chi connectivity index (χ1) is 11.1. The summed E-state index contributed by atoms with van der Waals surface area (Å²) in [7, 11) is 0.